The summed E-state index contributed by atoms with van der Waals surface area (Å²) in [5.74, 6) is 0.0262. The minimum atomic E-state index is -0.500. The molecular weight excluding hydrogens is 436 g/mol. The first-order valence-corrected chi connectivity index (χ1v) is 12.1. The van der Waals surface area contributed by atoms with Gasteiger partial charge in [0.2, 0.25) is 0 Å². The Morgan fingerprint density at radius 1 is 1.11 bits per heavy atom. The van der Waals surface area contributed by atoms with E-state index in [2.05, 4.69) is 18.1 Å². The number of likely N-dealkylation sites (tertiary alicyclic amines) is 1. The van der Waals surface area contributed by atoms with E-state index in [0.29, 0.717) is 29.8 Å². The van der Waals surface area contributed by atoms with Crippen molar-refractivity contribution < 1.29 is 14.3 Å². The van der Waals surface area contributed by atoms with Crippen LogP contribution < -0.4 is 10.5 Å². The lowest BCUT2D eigenvalue weighted by molar-refractivity contribution is -0.189. The summed E-state index contributed by atoms with van der Waals surface area (Å²) in [6.07, 6.45) is 15.0. The van der Waals surface area contributed by atoms with Gasteiger partial charge in [-0.05, 0) is 35.3 Å². The molecule has 2 saturated heterocycles. The number of ether oxygens (including phenoxy) is 2. The van der Waals surface area contributed by atoms with Gasteiger partial charge < -0.3 is 15.2 Å². The standard InChI is InChI=1S/C30H34N2O3/c1-3-5-6-7-8-9-13-23(12-4-2)27-25-15-11-10-14-24(25)18-26(28(27)29(31)33)35-17-16-32-19-30(20-32)21-34-22-30/h3-4,6-11,13-15,18H,1-2,5,12,16-17,19-22H2,(H2,31,33)/b7-6+,9-8+,23-13-. The van der Waals surface area contributed by atoms with Crippen molar-refractivity contribution in [2.75, 3.05) is 39.5 Å². The van der Waals surface area contributed by atoms with Crippen LogP contribution in [-0.4, -0.2) is 50.3 Å². The Morgan fingerprint density at radius 2 is 1.91 bits per heavy atom. The molecule has 0 saturated carbocycles. The van der Waals surface area contributed by atoms with Crippen LogP contribution in [0.4, 0.5) is 0 Å². The molecule has 1 amide bonds. The van der Waals surface area contributed by atoms with Gasteiger partial charge in [-0.3, -0.25) is 9.69 Å². The molecule has 182 valence electrons. The first kappa shape index (κ1) is 24.7. The summed E-state index contributed by atoms with van der Waals surface area (Å²) in [5.41, 5.74) is 8.49. The van der Waals surface area contributed by atoms with Crippen molar-refractivity contribution in [2.45, 2.75) is 12.8 Å². The second kappa shape index (κ2) is 11.3. The highest BCUT2D eigenvalue weighted by atomic mass is 16.5. The fraction of sp³-hybridized carbons (Fsp3) is 0.300. The molecule has 2 heterocycles. The number of hydrogen-bond acceptors (Lipinski definition) is 4. The SMILES string of the molecule is C=CC/C=C/C=C/C=C(/CC=C)c1c(C(N)=O)c(OCCN2CC3(COC3)C2)cc2ccccc12. The van der Waals surface area contributed by atoms with Crippen LogP contribution >= 0.6 is 0 Å². The number of primary amides is 1. The minimum absolute atomic E-state index is 0.368. The molecule has 2 aliphatic heterocycles. The van der Waals surface area contributed by atoms with E-state index in [1.54, 1.807) is 0 Å². The summed E-state index contributed by atoms with van der Waals surface area (Å²) >= 11 is 0. The van der Waals surface area contributed by atoms with E-state index in [9.17, 15) is 4.79 Å². The van der Waals surface area contributed by atoms with Gasteiger partial charge in [0.1, 0.15) is 12.4 Å². The van der Waals surface area contributed by atoms with Crippen LogP contribution in [0.15, 0.2) is 86.0 Å². The number of nitrogens with two attached hydrogens (primary N) is 1. The smallest absolute Gasteiger partial charge is 0.253 e. The third-order valence-corrected chi connectivity index (χ3v) is 6.50. The van der Waals surface area contributed by atoms with Gasteiger partial charge in [-0.25, -0.2) is 0 Å². The van der Waals surface area contributed by atoms with Crippen LogP contribution in [0.25, 0.3) is 16.3 Å². The van der Waals surface area contributed by atoms with Crippen molar-refractivity contribution in [1.29, 1.82) is 0 Å². The van der Waals surface area contributed by atoms with Crippen molar-refractivity contribution in [3.05, 3.63) is 97.1 Å². The number of carbonyl (C=O) groups is 1. The molecule has 0 bridgehead atoms. The Bertz CT molecular complexity index is 1180. The zero-order chi connectivity index (χ0) is 24.7. The molecule has 2 aliphatic rings. The molecule has 0 radical (unpaired) electrons. The number of rotatable bonds is 12. The third kappa shape index (κ3) is 5.64. The summed E-state index contributed by atoms with van der Waals surface area (Å²) in [4.78, 5) is 15.1. The number of nitrogens with zero attached hydrogens (tertiary/aromatic N) is 1. The molecule has 0 atom stereocenters. The highest BCUT2D eigenvalue weighted by Crippen LogP contribution is 2.38. The zero-order valence-electron chi connectivity index (χ0n) is 20.2. The Labute approximate surface area is 207 Å². The van der Waals surface area contributed by atoms with Crippen molar-refractivity contribution in [3.8, 4) is 5.75 Å². The van der Waals surface area contributed by atoms with Crippen LogP contribution in [0.2, 0.25) is 0 Å². The molecule has 0 aliphatic carbocycles. The Morgan fingerprint density at radius 3 is 2.60 bits per heavy atom. The number of allylic oxidation sites excluding steroid dienone is 8. The summed E-state index contributed by atoms with van der Waals surface area (Å²) < 4.78 is 11.6. The van der Waals surface area contributed by atoms with Crippen LogP contribution in [0.1, 0.15) is 28.8 Å². The highest BCUT2D eigenvalue weighted by molar-refractivity contribution is 6.09. The first-order valence-electron chi connectivity index (χ1n) is 12.1. The van der Waals surface area contributed by atoms with Crippen molar-refractivity contribution in [3.63, 3.8) is 0 Å². The topological polar surface area (TPSA) is 64.8 Å². The first-order chi connectivity index (χ1) is 17.1. The quantitative estimate of drug-likeness (QED) is 0.338. The van der Waals surface area contributed by atoms with Gasteiger partial charge in [0.25, 0.3) is 5.91 Å². The lowest BCUT2D eigenvalue weighted by atomic mass is 9.78. The van der Waals surface area contributed by atoms with Crippen molar-refractivity contribution in [1.82, 2.24) is 4.90 Å². The highest BCUT2D eigenvalue weighted by Gasteiger charge is 2.48. The van der Waals surface area contributed by atoms with E-state index in [0.717, 1.165) is 61.2 Å². The van der Waals surface area contributed by atoms with E-state index in [1.165, 1.54) is 0 Å². The van der Waals surface area contributed by atoms with E-state index in [1.807, 2.05) is 72.9 Å². The summed E-state index contributed by atoms with van der Waals surface area (Å²) in [6, 6.07) is 9.94. The monoisotopic (exact) mass is 470 g/mol. The molecule has 4 rings (SSSR count). The minimum Gasteiger partial charge on any atom is -0.491 e. The fourth-order valence-corrected chi connectivity index (χ4v) is 4.83. The van der Waals surface area contributed by atoms with E-state index in [4.69, 9.17) is 15.2 Å². The molecule has 35 heavy (non-hydrogen) atoms. The second-order valence-electron chi connectivity index (χ2n) is 9.28. The van der Waals surface area contributed by atoms with Gasteiger partial charge in [-0.1, -0.05) is 66.8 Å². The molecule has 0 aromatic heterocycles. The Balaban J connectivity index is 1.64. The predicted octanol–water partition coefficient (Wildman–Crippen LogP) is 5.30. The number of carbonyl (C=O) groups excluding carboxylic acids is 1. The van der Waals surface area contributed by atoms with Crippen LogP contribution in [0.5, 0.6) is 5.75 Å². The van der Waals surface area contributed by atoms with E-state index < -0.39 is 5.91 Å². The van der Waals surface area contributed by atoms with Crippen molar-refractivity contribution >= 4 is 22.3 Å². The van der Waals surface area contributed by atoms with E-state index in [-0.39, 0.29) is 0 Å². The lowest BCUT2D eigenvalue weighted by Gasteiger charge is -2.55. The van der Waals surface area contributed by atoms with Crippen LogP contribution in [0, 0.1) is 5.41 Å². The normalized spacial score (nSPS) is 17.5. The molecule has 1 spiro atoms. The fourth-order valence-electron chi connectivity index (χ4n) is 4.83. The van der Waals surface area contributed by atoms with Crippen molar-refractivity contribution in [2.24, 2.45) is 11.1 Å². The molecule has 5 nitrogen and oxygen atoms in total. The average Bonchev–Trinajstić information content (AvgIpc) is 2.79. The molecule has 2 aromatic carbocycles. The molecule has 5 heteroatoms. The summed E-state index contributed by atoms with van der Waals surface area (Å²) in [5, 5.41) is 1.97. The maximum absolute atomic E-state index is 12.8. The maximum atomic E-state index is 12.8. The Hall–Kier alpha value is -3.41. The predicted molar refractivity (Wildman–Crippen MR) is 144 cm³/mol. The van der Waals surface area contributed by atoms with Gasteiger partial charge in [0.05, 0.1) is 18.8 Å². The maximum Gasteiger partial charge on any atom is 0.253 e. The number of benzene rings is 2. The van der Waals surface area contributed by atoms with Gasteiger partial charge in [0, 0.05) is 30.6 Å². The van der Waals surface area contributed by atoms with Gasteiger partial charge in [0.15, 0.2) is 0 Å². The largest absolute Gasteiger partial charge is 0.491 e. The number of amides is 1. The van der Waals surface area contributed by atoms with Crippen LogP contribution in [0.3, 0.4) is 0 Å². The second-order valence-corrected chi connectivity index (χ2v) is 9.28. The number of fused-ring (bicyclic) bond motifs is 1. The molecule has 2 N–H and O–H groups in total. The van der Waals surface area contributed by atoms with E-state index >= 15 is 0 Å². The third-order valence-electron chi connectivity index (χ3n) is 6.50. The number of hydrogen-bond donors (Lipinski definition) is 1. The molecule has 2 fully saturated rings. The molecule has 0 unspecified atom stereocenters. The van der Waals surface area contributed by atoms with Gasteiger partial charge in [-0.15, -0.1) is 13.2 Å². The zero-order valence-corrected chi connectivity index (χ0v) is 20.2. The summed E-state index contributed by atoms with van der Waals surface area (Å²) in [6.45, 7) is 12.8. The molecular formula is C30H34N2O3. The van der Waals surface area contributed by atoms with Gasteiger partial charge >= 0.3 is 0 Å². The summed E-state index contributed by atoms with van der Waals surface area (Å²) in [7, 11) is 0. The average molecular weight is 471 g/mol. The van der Waals surface area contributed by atoms with Crippen LogP contribution in [-0.2, 0) is 4.74 Å². The Kier molecular flexibility index (Phi) is 8.01. The van der Waals surface area contributed by atoms with Gasteiger partial charge in [-0.2, -0.15) is 0 Å². The molecule has 2 aromatic rings. The lowest BCUT2D eigenvalue weighted by Crippen LogP contribution is -2.66.